The van der Waals surface area contributed by atoms with Gasteiger partial charge in [0.25, 0.3) is 5.91 Å². The van der Waals surface area contributed by atoms with Crippen LogP contribution in [-0.4, -0.2) is 25.5 Å². The molecule has 0 unspecified atom stereocenters. The van der Waals surface area contributed by atoms with Crippen molar-refractivity contribution in [2.75, 3.05) is 13.7 Å². The summed E-state index contributed by atoms with van der Waals surface area (Å²) in [4.78, 5) is 24.8. The molecule has 0 fully saturated rings. The fourth-order valence-electron chi connectivity index (χ4n) is 2.41. The van der Waals surface area contributed by atoms with Crippen molar-refractivity contribution >= 4 is 24.0 Å². The molecule has 146 valence electrons. The van der Waals surface area contributed by atoms with Gasteiger partial charge in [-0.05, 0) is 41.8 Å². The van der Waals surface area contributed by atoms with Crippen LogP contribution in [0.15, 0.2) is 66.4 Å². The summed E-state index contributed by atoms with van der Waals surface area (Å²) in [5.74, 6) is 0.0425. The van der Waals surface area contributed by atoms with Gasteiger partial charge in [-0.3, -0.25) is 9.59 Å². The number of hydrogen-bond acceptors (Lipinski definition) is 3. The predicted molar refractivity (Wildman–Crippen MR) is 113 cm³/mol. The third-order valence-corrected chi connectivity index (χ3v) is 3.97. The van der Waals surface area contributed by atoms with Crippen LogP contribution in [0.2, 0.25) is 0 Å². The van der Waals surface area contributed by atoms with Crippen LogP contribution in [0.25, 0.3) is 12.2 Å². The third-order valence-electron chi connectivity index (χ3n) is 3.97. The number of methoxy groups -OCH3 is 1. The summed E-state index contributed by atoms with van der Waals surface area (Å²) in [5.41, 5.74) is 1.89. The Hall–Kier alpha value is -3.34. The summed E-state index contributed by atoms with van der Waals surface area (Å²) in [6, 6.07) is 16.7. The van der Waals surface area contributed by atoms with Crippen molar-refractivity contribution in [1.29, 1.82) is 0 Å². The van der Waals surface area contributed by atoms with Crippen molar-refractivity contribution in [3.05, 3.63) is 77.5 Å². The van der Waals surface area contributed by atoms with Gasteiger partial charge >= 0.3 is 0 Å². The molecule has 0 saturated carbocycles. The molecule has 28 heavy (non-hydrogen) atoms. The summed E-state index contributed by atoms with van der Waals surface area (Å²) in [6.45, 7) is 2.61. The quantitative estimate of drug-likeness (QED) is 0.515. The molecule has 0 aliphatic rings. The minimum atomic E-state index is -0.366. The van der Waals surface area contributed by atoms with Gasteiger partial charge in [-0.2, -0.15) is 0 Å². The van der Waals surface area contributed by atoms with Crippen molar-refractivity contribution in [1.82, 2.24) is 10.6 Å². The van der Waals surface area contributed by atoms with E-state index in [9.17, 15) is 9.59 Å². The lowest BCUT2D eigenvalue weighted by atomic mass is 10.1. The highest BCUT2D eigenvalue weighted by atomic mass is 16.5. The lowest BCUT2D eigenvalue weighted by Crippen LogP contribution is -2.34. The van der Waals surface area contributed by atoms with Gasteiger partial charge in [-0.1, -0.05) is 55.8 Å². The molecule has 0 aliphatic carbocycles. The van der Waals surface area contributed by atoms with Crippen LogP contribution < -0.4 is 15.4 Å². The second-order valence-electron chi connectivity index (χ2n) is 6.17. The molecule has 5 nitrogen and oxygen atoms in total. The number of ether oxygens (including phenoxy) is 1. The smallest absolute Gasteiger partial charge is 0.267 e. The van der Waals surface area contributed by atoms with Crippen molar-refractivity contribution in [2.24, 2.45) is 0 Å². The first-order valence-electron chi connectivity index (χ1n) is 9.30. The normalized spacial score (nSPS) is 11.3. The first kappa shape index (κ1) is 21.0. The average Bonchev–Trinajstić information content (AvgIpc) is 2.73. The topological polar surface area (TPSA) is 67.4 Å². The van der Waals surface area contributed by atoms with E-state index in [1.165, 1.54) is 6.08 Å². The van der Waals surface area contributed by atoms with E-state index in [4.69, 9.17) is 4.74 Å². The number of carbonyl (C=O) groups is 2. The highest BCUT2D eigenvalue weighted by Crippen LogP contribution is 2.13. The van der Waals surface area contributed by atoms with E-state index in [0.29, 0.717) is 6.54 Å². The van der Waals surface area contributed by atoms with E-state index in [0.717, 1.165) is 29.7 Å². The fraction of sp³-hybridized carbons (Fsp3) is 0.217. The summed E-state index contributed by atoms with van der Waals surface area (Å²) in [6.07, 6.45) is 6.62. The number of carbonyl (C=O) groups excluding carboxylic acids is 2. The molecule has 0 saturated heterocycles. The van der Waals surface area contributed by atoms with Crippen LogP contribution in [0.3, 0.4) is 0 Å². The number of rotatable bonds is 9. The second-order valence-corrected chi connectivity index (χ2v) is 6.17. The van der Waals surface area contributed by atoms with Crippen molar-refractivity contribution in [2.45, 2.75) is 19.8 Å². The lowest BCUT2D eigenvalue weighted by molar-refractivity contribution is -0.121. The van der Waals surface area contributed by atoms with Crippen LogP contribution in [0.4, 0.5) is 0 Å². The number of hydrogen-bond donors (Lipinski definition) is 2. The number of unbranched alkanes of at least 4 members (excludes halogenated alkanes) is 1. The van der Waals surface area contributed by atoms with Gasteiger partial charge in [0.15, 0.2) is 0 Å². The molecule has 5 heteroatoms. The molecule has 2 rings (SSSR count). The first-order valence-corrected chi connectivity index (χ1v) is 9.30. The zero-order valence-corrected chi connectivity index (χ0v) is 16.3. The Balaban J connectivity index is 2.14. The fourth-order valence-corrected chi connectivity index (χ4v) is 2.41. The molecule has 2 aromatic rings. The maximum absolute atomic E-state index is 12.5. The molecular weight excluding hydrogens is 352 g/mol. The van der Waals surface area contributed by atoms with Crippen LogP contribution in [-0.2, 0) is 9.59 Å². The third kappa shape index (κ3) is 7.11. The molecule has 2 aromatic carbocycles. The summed E-state index contributed by atoms with van der Waals surface area (Å²) in [7, 11) is 1.59. The maximum Gasteiger partial charge on any atom is 0.267 e. The van der Waals surface area contributed by atoms with E-state index < -0.39 is 0 Å². The van der Waals surface area contributed by atoms with Crippen LogP contribution in [0.1, 0.15) is 30.9 Å². The molecule has 2 N–H and O–H groups in total. The Morgan fingerprint density at radius 3 is 2.36 bits per heavy atom. The first-order chi connectivity index (χ1) is 13.6. The summed E-state index contributed by atoms with van der Waals surface area (Å²) < 4.78 is 5.15. The Morgan fingerprint density at radius 2 is 1.71 bits per heavy atom. The van der Waals surface area contributed by atoms with Gasteiger partial charge in [0.1, 0.15) is 11.4 Å². The van der Waals surface area contributed by atoms with E-state index in [1.807, 2.05) is 42.5 Å². The number of nitrogens with one attached hydrogen (secondary N) is 2. The molecule has 0 aromatic heterocycles. The number of amides is 2. The van der Waals surface area contributed by atoms with Gasteiger partial charge in [-0.15, -0.1) is 0 Å². The van der Waals surface area contributed by atoms with Gasteiger partial charge in [0.2, 0.25) is 5.91 Å². The minimum Gasteiger partial charge on any atom is -0.497 e. The van der Waals surface area contributed by atoms with Gasteiger partial charge in [-0.25, -0.2) is 0 Å². The maximum atomic E-state index is 12.5. The lowest BCUT2D eigenvalue weighted by Gasteiger charge is -2.10. The monoisotopic (exact) mass is 378 g/mol. The minimum absolute atomic E-state index is 0.198. The molecule has 0 radical (unpaired) electrons. The Morgan fingerprint density at radius 1 is 1.00 bits per heavy atom. The molecule has 0 spiro atoms. The SMILES string of the molecule is CCCCNC(=O)C(=Cc1ccc(OC)cc1)NC(=O)C=Cc1ccccc1. The largest absolute Gasteiger partial charge is 0.497 e. The van der Waals surface area contributed by atoms with Crippen molar-refractivity contribution < 1.29 is 14.3 Å². The average molecular weight is 378 g/mol. The molecule has 0 atom stereocenters. The molecule has 0 bridgehead atoms. The van der Waals surface area contributed by atoms with Gasteiger partial charge < -0.3 is 15.4 Å². The van der Waals surface area contributed by atoms with Crippen LogP contribution >= 0.6 is 0 Å². The van der Waals surface area contributed by atoms with Crippen LogP contribution in [0, 0.1) is 0 Å². The molecule has 0 aliphatic heterocycles. The Bertz CT molecular complexity index is 825. The molecule has 2 amide bonds. The number of benzene rings is 2. The van der Waals surface area contributed by atoms with Gasteiger partial charge in [0, 0.05) is 12.6 Å². The van der Waals surface area contributed by atoms with Crippen molar-refractivity contribution in [3.63, 3.8) is 0 Å². The highest BCUT2D eigenvalue weighted by Gasteiger charge is 2.11. The predicted octanol–water partition coefficient (Wildman–Crippen LogP) is 3.78. The van der Waals surface area contributed by atoms with Gasteiger partial charge in [0.05, 0.1) is 7.11 Å². The highest BCUT2D eigenvalue weighted by molar-refractivity contribution is 6.04. The zero-order valence-electron chi connectivity index (χ0n) is 16.3. The van der Waals surface area contributed by atoms with Crippen LogP contribution in [0.5, 0.6) is 5.75 Å². The van der Waals surface area contributed by atoms with E-state index in [1.54, 1.807) is 31.4 Å². The zero-order chi connectivity index (χ0) is 20.2. The Labute approximate surface area is 166 Å². The van der Waals surface area contributed by atoms with E-state index >= 15 is 0 Å². The molecular formula is C23H26N2O3. The Kier molecular flexibility index (Phi) is 8.53. The summed E-state index contributed by atoms with van der Waals surface area (Å²) in [5, 5.41) is 5.52. The molecule has 0 heterocycles. The van der Waals surface area contributed by atoms with Crippen molar-refractivity contribution in [3.8, 4) is 5.75 Å². The van der Waals surface area contributed by atoms with E-state index in [2.05, 4.69) is 17.6 Å². The second kappa shape index (κ2) is 11.4. The van der Waals surface area contributed by atoms with E-state index in [-0.39, 0.29) is 17.5 Å². The standard InChI is InChI=1S/C23H26N2O3/c1-3-4-16-24-23(27)21(17-19-10-13-20(28-2)14-11-19)25-22(26)15-12-18-8-6-5-7-9-18/h5-15,17H,3-4,16H2,1-2H3,(H,24,27)(H,25,26). The summed E-state index contributed by atoms with van der Waals surface area (Å²) >= 11 is 0.